The first-order valence-corrected chi connectivity index (χ1v) is 12.6. The molecule has 1 saturated heterocycles. The fraction of sp³-hybridized carbons (Fsp3) is 0.207. The van der Waals surface area contributed by atoms with E-state index in [1.165, 1.54) is 37.6 Å². The van der Waals surface area contributed by atoms with Crippen molar-refractivity contribution in [2.24, 2.45) is 0 Å². The molecule has 1 aliphatic heterocycles. The van der Waals surface area contributed by atoms with Crippen molar-refractivity contribution in [1.82, 2.24) is 4.98 Å². The maximum absolute atomic E-state index is 13.6. The molecule has 5 rings (SSSR count). The monoisotopic (exact) mass is 530 g/mol. The van der Waals surface area contributed by atoms with Crippen LogP contribution in [0.5, 0.6) is 17.2 Å². The first-order chi connectivity index (χ1) is 18.3. The van der Waals surface area contributed by atoms with Crippen molar-refractivity contribution in [2.45, 2.75) is 19.9 Å². The van der Waals surface area contributed by atoms with Gasteiger partial charge in [0.2, 0.25) is 5.75 Å². The van der Waals surface area contributed by atoms with E-state index >= 15 is 0 Å². The van der Waals surface area contributed by atoms with Crippen LogP contribution in [0.3, 0.4) is 0 Å². The first kappa shape index (κ1) is 25.3. The Bertz CT molecular complexity index is 1580. The van der Waals surface area contributed by atoms with E-state index < -0.39 is 17.7 Å². The number of aliphatic hydroxyl groups is 1. The summed E-state index contributed by atoms with van der Waals surface area (Å²) in [5.41, 5.74) is 3.61. The number of rotatable bonds is 6. The molecule has 194 valence electrons. The van der Waals surface area contributed by atoms with Gasteiger partial charge in [-0.25, -0.2) is 4.98 Å². The number of anilines is 1. The van der Waals surface area contributed by atoms with Crippen LogP contribution in [0.15, 0.2) is 60.2 Å². The third-order valence-electron chi connectivity index (χ3n) is 6.51. The number of hydrogen-bond acceptors (Lipinski definition) is 8. The number of carbonyl (C=O) groups excluding carboxylic acids is 2. The molecule has 1 fully saturated rings. The Morgan fingerprint density at radius 3 is 2.13 bits per heavy atom. The number of hydrogen-bond donors (Lipinski definition) is 1. The number of aliphatic hydroxyl groups excluding tert-OH is 1. The van der Waals surface area contributed by atoms with Crippen molar-refractivity contribution in [3.05, 3.63) is 82.4 Å². The number of carbonyl (C=O) groups is 2. The van der Waals surface area contributed by atoms with Gasteiger partial charge in [-0.15, -0.1) is 0 Å². The highest BCUT2D eigenvalue weighted by molar-refractivity contribution is 7.22. The average molecular weight is 531 g/mol. The van der Waals surface area contributed by atoms with Gasteiger partial charge in [0.15, 0.2) is 16.6 Å². The van der Waals surface area contributed by atoms with Crippen LogP contribution in [-0.4, -0.2) is 43.1 Å². The SMILES string of the molecule is COc1cc([C@H]2C(=C(O)c3ccc(C)cc3)C(=O)C(=O)N2c2nc3ccc(C)cc3s2)cc(OC)c1OC. The minimum atomic E-state index is -0.994. The van der Waals surface area contributed by atoms with Gasteiger partial charge in [-0.2, -0.15) is 0 Å². The summed E-state index contributed by atoms with van der Waals surface area (Å²) in [7, 11) is 4.47. The number of thiazole rings is 1. The second-order valence-corrected chi connectivity index (χ2v) is 9.97. The molecular formula is C29H26N2O6S. The number of amides is 1. The summed E-state index contributed by atoms with van der Waals surface area (Å²) in [4.78, 5) is 33.1. The minimum absolute atomic E-state index is 0.0523. The summed E-state index contributed by atoms with van der Waals surface area (Å²) >= 11 is 1.30. The van der Waals surface area contributed by atoms with Crippen molar-refractivity contribution in [3.8, 4) is 17.2 Å². The van der Waals surface area contributed by atoms with Crippen LogP contribution in [0.2, 0.25) is 0 Å². The van der Waals surface area contributed by atoms with Crippen LogP contribution in [0, 0.1) is 13.8 Å². The molecule has 1 aromatic heterocycles. The summed E-state index contributed by atoms with van der Waals surface area (Å²) in [5, 5.41) is 11.7. The van der Waals surface area contributed by atoms with E-state index in [0.717, 1.165) is 15.8 Å². The maximum atomic E-state index is 13.6. The zero-order valence-electron chi connectivity index (χ0n) is 21.6. The Morgan fingerprint density at radius 1 is 0.895 bits per heavy atom. The van der Waals surface area contributed by atoms with Gasteiger partial charge in [0.25, 0.3) is 5.78 Å². The van der Waals surface area contributed by atoms with Gasteiger partial charge in [0.05, 0.1) is 43.2 Å². The lowest BCUT2D eigenvalue weighted by molar-refractivity contribution is -0.132. The average Bonchev–Trinajstić information content (AvgIpc) is 3.45. The van der Waals surface area contributed by atoms with E-state index in [2.05, 4.69) is 4.98 Å². The number of aryl methyl sites for hydroxylation is 2. The number of aromatic nitrogens is 1. The molecule has 9 heteroatoms. The van der Waals surface area contributed by atoms with E-state index in [9.17, 15) is 14.7 Å². The number of methoxy groups -OCH3 is 3. The molecule has 1 N–H and O–H groups in total. The lowest BCUT2D eigenvalue weighted by Gasteiger charge is -2.24. The van der Waals surface area contributed by atoms with Crippen LogP contribution < -0.4 is 19.1 Å². The van der Waals surface area contributed by atoms with Gasteiger partial charge >= 0.3 is 5.91 Å². The number of benzene rings is 3. The summed E-state index contributed by atoms with van der Waals surface area (Å²) in [6.45, 7) is 3.90. The number of Topliss-reactive ketones (excluding diaryl/α,β-unsaturated/α-hetero) is 1. The molecular weight excluding hydrogens is 504 g/mol. The molecule has 0 radical (unpaired) electrons. The zero-order valence-corrected chi connectivity index (χ0v) is 22.4. The Morgan fingerprint density at radius 2 is 1.53 bits per heavy atom. The predicted octanol–water partition coefficient (Wildman–Crippen LogP) is 5.57. The third kappa shape index (κ3) is 4.14. The number of ether oxygens (including phenoxy) is 3. The van der Waals surface area contributed by atoms with Gasteiger partial charge < -0.3 is 19.3 Å². The van der Waals surface area contributed by atoms with Crippen molar-refractivity contribution < 1.29 is 28.9 Å². The molecule has 0 aliphatic carbocycles. The molecule has 1 atom stereocenters. The van der Waals surface area contributed by atoms with Crippen LogP contribution in [-0.2, 0) is 9.59 Å². The molecule has 1 aliphatic rings. The molecule has 2 heterocycles. The highest BCUT2D eigenvalue weighted by atomic mass is 32.1. The molecule has 0 bridgehead atoms. The fourth-order valence-electron chi connectivity index (χ4n) is 4.59. The largest absolute Gasteiger partial charge is 0.507 e. The summed E-state index contributed by atoms with van der Waals surface area (Å²) in [6.07, 6.45) is 0. The van der Waals surface area contributed by atoms with Crippen LogP contribution in [0.4, 0.5) is 5.13 Å². The second-order valence-electron chi connectivity index (χ2n) is 8.96. The Kier molecular flexibility index (Phi) is 6.54. The van der Waals surface area contributed by atoms with Crippen LogP contribution in [0.25, 0.3) is 16.0 Å². The van der Waals surface area contributed by atoms with E-state index in [0.29, 0.717) is 39.0 Å². The number of nitrogens with zero attached hydrogens (tertiary/aromatic N) is 2. The second kappa shape index (κ2) is 9.83. The fourth-order valence-corrected chi connectivity index (χ4v) is 5.68. The van der Waals surface area contributed by atoms with E-state index in [4.69, 9.17) is 14.2 Å². The predicted molar refractivity (Wildman–Crippen MR) is 146 cm³/mol. The van der Waals surface area contributed by atoms with Gasteiger partial charge in [-0.05, 0) is 49.2 Å². The van der Waals surface area contributed by atoms with E-state index in [1.54, 1.807) is 24.3 Å². The van der Waals surface area contributed by atoms with Gasteiger partial charge in [0, 0.05) is 5.56 Å². The number of ketones is 1. The van der Waals surface area contributed by atoms with Crippen LogP contribution >= 0.6 is 11.3 Å². The van der Waals surface area contributed by atoms with Gasteiger partial charge in [-0.3, -0.25) is 14.5 Å². The molecule has 0 unspecified atom stereocenters. The lowest BCUT2D eigenvalue weighted by atomic mass is 9.94. The maximum Gasteiger partial charge on any atom is 0.301 e. The Hall–Kier alpha value is -4.37. The zero-order chi connectivity index (χ0) is 27.1. The van der Waals surface area contributed by atoms with E-state index in [1.807, 2.05) is 44.2 Å². The molecule has 0 saturated carbocycles. The topological polar surface area (TPSA) is 98.2 Å². The molecule has 4 aromatic rings. The smallest absolute Gasteiger partial charge is 0.301 e. The molecule has 38 heavy (non-hydrogen) atoms. The first-order valence-electron chi connectivity index (χ1n) is 11.8. The summed E-state index contributed by atoms with van der Waals surface area (Å²) in [5.74, 6) is -0.804. The Labute approximate surface area is 223 Å². The molecule has 8 nitrogen and oxygen atoms in total. The van der Waals surface area contributed by atoms with Crippen LogP contribution in [0.1, 0.15) is 28.3 Å². The standard InChI is InChI=1S/C29H26N2O6S/c1-15-6-9-17(10-7-15)25(32)23-24(18-13-20(35-3)27(37-5)21(14-18)36-4)31(28(34)26(23)33)29-30-19-11-8-16(2)12-22(19)38-29/h6-14,24,32H,1-5H3/t24-/m0/s1. The minimum Gasteiger partial charge on any atom is -0.507 e. The van der Waals surface area contributed by atoms with Crippen molar-refractivity contribution in [3.63, 3.8) is 0 Å². The van der Waals surface area contributed by atoms with E-state index in [-0.39, 0.29) is 11.3 Å². The van der Waals surface area contributed by atoms with Gasteiger partial charge in [0.1, 0.15) is 5.76 Å². The molecule has 1 amide bonds. The highest BCUT2D eigenvalue weighted by Crippen LogP contribution is 2.48. The van der Waals surface area contributed by atoms with Gasteiger partial charge in [-0.1, -0.05) is 47.2 Å². The third-order valence-corrected chi connectivity index (χ3v) is 7.53. The van der Waals surface area contributed by atoms with Crippen molar-refractivity contribution >= 4 is 44.1 Å². The quantitative estimate of drug-likeness (QED) is 0.198. The summed E-state index contributed by atoms with van der Waals surface area (Å²) in [6, 6.07) is 15.2. The molecule has 3 aromatic carbocycles. The normalized spacial score (nSPS) is 16.8. The summed E-state index contributed by atoms with van der Waals surface area (Å²) < 4.78 is 17.4. The van der Waals surface area contributed by atoms with Crippen molar-refractivity contribution in [1.29, 1.82) is 0 Å². The lowest BCUT2D eigenvalue weighted by Crippen LogP contribution is -2.29. The highest BCUT2D eigenvalue weighted by Gasteiger charge is 2.48. The van der Waals surface area contributed by atoms with Crippen molar-refractivity contribution in [2.75, 3.05) is 26.2 Å². The Balaban J connectivity index is 1.78. The molecule has 0 spiro atoms. The number of fused-ring (bicyclic) bond motifs is 1.